The number of anilines is 1. The molecule has 0 unspecified atom stereocenters. The second-order valence-electron chi connectivity index (χ2n) is 2.03. The molecule has 0 fully saturated rings. The summed E-state index contributed by atoms with van der Waals surface area (Å²) in [6, 6.07) is 0. The Labute approximate surface area is 53.9 Å². The zero-order chi connectivity index (χ0) is 6.85. The molecule has 0 aliphatic carbocycles. The molecule has 0 bridgehead atoms. The predicted molar refractivity (Wildman–Crippen MR) is 35.9 cm³/mol. The van der Waals surface area contributed by atoms with Crippen molar-refractivity contribution in [3.63, 3.8) is 0 Å². The van der Waals surface area contributed by atoms with E-state index in [0.717, 1.165) is 16.9 Å². The third-order valence-corrected chi connectivity index (χ3v) is 1.27. The molecule has 0 aliphatic rings. The molecule has 0 spiro atoms. The van der Waals surface area contributed by atoms with Crippen LogP contribution in [0.25, 0.3) is 0 Å². The average molecular weight is 123 g/mol. The van der Waals surface area contributed by atoms with Gasteiger partial charge in [0.25, 0.3) is 0 Å². The van der Waals surface area contributed by atoms with E-state index in [2.05, 4.69) is 10.2 Å². The van der Waals surface area contributed by atoms with E-state index in [9.17, 15) is 0 Å². The number of hydrogen-bond acceptors (Lipinski definition) is 3. The van der Waals surface area contributed by atoms with E-state index >= 15 is 0 Å². The van der Waals surface area contributed by atoms with E-state index in [4.69, 9.17) is 5.73 Å². The van der Waals surface area contributed by atoms with Gasteiger partial charge in [-0.05, 0) is 19.4 Å². The number of nitrogens with zero attached hydrogens (tertiary/aromatic N) is 2. The van der Waals surface area contributed by atoms with Crippen LogP contribution in [-0.2, 0) is 0 Å². The Morgan fingerprint density at radius 2 is 2.11 bits per heavy atom. The standard InChI is InChI=1S/C6H9N3/c1-4-3-8-9-5(2)6(4)7/h3H,1-2H3,(H2,7,8). The van der Waals surface area contributed by atoms with Gasteiger partial charge in [-0.2, -0.15) is 10.2 Å². The Hall–Kier alpha value is -1.12. The third-order valence-electron chi connectivity index (χ3n) is 1.27. The Kier molecular flexibility index (Phi) is 1.34. The molecule has 0 radical (unpaired) electrons. The van der Waals surface area contributed by atoms with Crippen molar-refractivity contribution < 1.29 is 0 Å². The van der Waals surface area contributed by atoms with Gasteiger partial charge >= 0.3 is 0 Å². The van der Waals surface area contributed by atoms with Crippen LogP contribution in [0, 0.1) is 13.8 Å². The van der Waals surface area contributed by atoms with E-state index in [0.29, 0.717) is 0 Å². The molecule has 48 valence electrons. The van der Waals surface area contributed by atoms with Crippen LogP contribution in [0.4, 0.5) is 5.69 Å². The smallest absolute Gasteiger partial charge is 0.0831 e. The highest BCUT2D eigenvalue weighted by molar-refractivity contribution is 5.47. The SMILES string of the molecule is Cc1cnnc(C)c1N. The first-order valence-corrected chi connectivity index (χ1v) is 2.76. The first kappa shape index (κ1) is 6.01. The maximum absolute atomic E-state index is 5.58. The largest absolute Gasteiger partial charge is 0.397 e. The lowest BCUT2D eigenvalue weighted by atomic mass is 10.2. The Balaban J connectivity index is 3.25. The lowest BCUT2D eigenvalue weighted by molar-refractivity contribution is 0.972. The zero-order valence-electron chi connectivity index (χ0n) is 5.55. The number of nitrogen functional groups attached to an aromatic ring is 1. The van der Waals surface area contributed by atoms with Crippen LogP contribution < -0.4 is 5.73 Å². The van der Waals surface area contributed by atoms with Crippen molar-refractivity contribution in [2.24, 2.45) is 0 Å². The molecular weight excluding hydrogens is 114 g/mol. The lowest BCUT2D eigenvalue weighted by Gasteiger charge is -1.98. The summed E-state index contributed by atoms with van der Waals surface area (Å²) in [5.74, 6) is 0. The van der Waals surface area contributed by atoms with Crippen LogP contribution in [0.2, 0.25) is 0 Å². The summed E-state index contributed by atoms with van der Waals surface area (Å²) in [6.07, 6.45) is 1.66. The molecule has 0 aliphatic heterocycles. The molecule has 2 N–H and O–H groups in total. The van der Waals surface area contributed by atoms with Gasteiger partial charge in [-0.15, -0.1) is 0 Å². The summed E-state index contributed by atoms with van der Waals surface area (Å²) >= 11 is 0. The normalized spacial score (nSPS) is 9.56. The van der Waals surface area contributed by atoms with Crippen molar-refractivity contribution in [1.29, 1.82) is 0 Å². The van der Waals surface area contributed by atoms with Crippen molar-refractivity contribution >= 4 is 5.69 Å². The van der Waals surface area contributed by atoms with Crippen LogP contribution in [0.3, 0.4) is 0 Å². The van der Waals surface area contributed by atoms with Crippen LogP contribution in [0.5, 0.6) is 0 Å². The van der Waals surface area contributed by atoms with E-state index in [-0.39, 0.29) is 0 Å². The van der Waals surface area contributed by atoms with Gasteiger partial charge in [0.2, 0.25) is 0 Å². The predicted octanol–water partition coefficient (Wildman–Crippen LogP) is 0.676. The van der Waals surface area contributed by atoms with E-state index in [1.807, 2.05) is 13.8 Å². The van der Waals surface area contributed by atoms with Crippen LogP contribution in [0.1, 0.15) is 11.3 Å². The van der Waals surface area contributed by atoms with E-state index < -0.39 is 0 Å². The minimum atomic E-state index is 0.741. The van der Waals surface area contributed by atoms with Crippen molar-refractivity contribution in [3.8, 4) is 0 Å². The summed E-state index contributed by atoms with van der Waals surface area (Å²) in [4.78, 5) is 0. The molecule has 0 saturated carbocycles. The van der Waals surface area contributed by atoms with Crippen LogP contribution >= 0.6 is 0 Å². The quantitative estimate of drug-likeness (QED) is 0.551. The topological polar surface area (TPSA) is 51.8 Å². The molecule has 9 heavy (non-hydrogen) atoms. The van der Waals surface area contributed by atoms with Gasteiger partial charge < -0.3 is 5.73 Å². The first-order valence-electron chi connectivity index (χ1n) is 2.76. The minimum Gasteiger partial charge on any atom is -0.397 e. The zero-order valence-corrected chi connectivity index (χ0v) is 5.55. The second-order valence-corrected chi connectivity index (χ2v) is 2.03. The Morgan fingerprint density at radius 1 is 1.44 bits per heavy atom. The highest BCUT2D eigenvalue weighted by Crippen LogP contribution is 2.09. The molecule has 3 nitrogen and oxygen atoms in total. The van der Waals surface area contributed by atoms with Crippen LogP contribution in [0.15, 0.2) is 6.20 Å². The van der Waals surface area contributed by atoms with Gasteiger partial charge in [0.05, 0.1) is 17.6 Å². The molecule has 3 heteroatoms. The van der Waals surface area contributed by atoms with Gasteiger partial charge in [0, 0.05) is 0 Å². The van der Waals surface area contributed by atoms with Gasteiger partial charge in [-0.3, -0.25) is 0 Å². The van der Waals surface area contributed by atoms with E-state index in [1.165, 1.54) is 0 Å². The minimum absolute atomic E-state index is 0.741. The number of nitrogens with two attached hydrogens (primary N) is 1. The van der Waals surface area contributed by atoms with Gasteiger partial charge in [0.1, 0.15) is 0 Å². The molecule has 0 atom stereocenters. The Morgan fingerprint density at radius 3 is 2.56 bits per heavy atom. The van der Waals surface area contributed by atoms with Crippen molar-refractivity contribution in [2.75, 3.05) is 5.73 Å². The average Bonchev–Trinajstić information content (AvgIpc) is 1.83. The fraction of sp³-hybridized carbons (Fsp3) is 0.333. The number of rotatable bonds is 0. The Bertz CT molecular complexity index is 199. The van der Waals surface area contributed by atoms with Crippen molar-refractivity contribution in [2.45, 2.75) is 13.8 Å². The summed E-state index contributed by atoms with van der Waals surface area (Å²) < 4.78 is 0. The number of aryl methyl sites for hydroxylation is 2. The molecule has 1 heterocycles. The van der Waals surface area contributed by atoms with Gasteiger partial charge in [-0.1, -0.05) is 0 Å². The second kappa shape index (κ2) is 2.01. The molecule has 1 aromatic rings. The maximum Gasteiger partial charge on any atom is 0.0831 e. The van der Waals surface area contributed by atoms with Crippen molar-refractivity contribution in [1.82, 2.24) is 10.2 Å². The monoisotopic (exact) mass is 123 g/mol. The fourth-order valence-corrected chi connectivity index (χ4v) is 0.611. The number of aromatic nitrogens is 2. The summed E-state index contributed by atoms with van der Waals surface area (Å²) in [6.45, 7) is 3.76. The van der Waals surface area contributed by atoms with E-state index in [1.54, 1.807) is 6.20 Å². The van der Waals surface area contributed by atoms with Crippen LogP contribution in [-0.4, -0.2) is 10.2 Å². The molecule has 1 rings (SSSR count). The summed E-state index contributed by atoms with van der Waals surface area (Å²) in [5.41, 5.74) is 8.11. The number of hydrogen-bond donors (Lipinski definition) is 1. The lowest BCUT2D eigenvalue weighted by Crippen LogP contribution is -1.97. The van der Waals surface area contributed by atoms with Crippen molar-refractivity contribution in [3.05, 3.63) is 17.5 Å². The molecule has 0 amide bonds. The molecule has 0 aromatic carbocycles. The molecule has 1 aromatic heterocycles. The van der Waals surface area contributed by atoms with Gasteiger partial charge in [-0.25, -0.2) is 0 Å². The summed E-state index contributed by atoms with van der Waals surface area (Å²) in [7, 11) is 0. The first-order chi connectivity index (χ1) is 4.22. The molecular formula is C6H9N3. The highest BCUT2D eigenvalue weighted by Gasteiger charge is 1.95. The highest BCUT2D eigenvalue weighted by atomic mass is 15.1. The maximum atomic E-state index is 5.58. The third kappa shape index (κ3) is 0.988. The fourth-order valence-electron chi connectivity index (χ4n) is 0.611. The van der Waals surface area contributed by atoms with Gasteiger partial charge in [0.15, 0.2) is 0 Å². The molecule has 0 saturated heterocycles. The summed E-state index contributed by atoms with van der Waals surface area (Å²) in [5, 5.41) is 7.48.